The molecule has 0 bridgehead atoms. The van der Waals surface area contributed by atoms with Crippen LogP contribution in [0.1, 0.15) is 13.8 Å². The second kappa shape index (κ2) is 9.63. The van der Waals surface area contributed by atoms with E-state index in [1.807, 2.05) is 56.4 Å². The molecule has 0 saturated carbocycles. The fourth-order valence-electron chi connectivity index (χ4n) is 0.535. The molecule has 1 aromatic rings. The highest BCUT2D eigenvalue weighted by atomic mass is 14.6. The molecule has 0 fully saturated rings. The van der Waals surface area contributed by atoms with Crippen LogP contribution in [0.5, 0.6) is 0 Å². The lowest BCUT2D eigenvalue weighted by molar-refractivity contribution is 1.33. The van der Waals surface area contributed by atoms with E-state index in [1.165, 1.54) is 0 Å². The minimum Gasteiger partial charge on any atom is -0.265 e. The molecule has 0 aliphatic carbocycles. The van der Waals surface area contributed by atoms with Crippen molar-refractivity contribution in [3.8, 4) is 0 Å². The molecule has 1 nitrogen and oxygen atoms in total. The van der Waals surface area contributed by atoms with Gasteiger partial charge in [-0.2, -0.15) is 0 Å². The minimum atomic E-state index is 1.75. The number of aromatic nitrogens is 1. The maximum Gasteiger partial charge on any atom is 0.0267 e. The largest absolute Gasteiger partial charge is 0.265 e. The topological polar surface area (TPSA) is 12.9 Å². The predicted octanol–water partition coefficient (Wildman–Crippen LogP) is 3.22. The monoisotopic (exact) mass is 161 g/mol. The van der Waals surface area contributed by atoms with Crippen LogP contribution in [-0.4, -0.2) is 4.98 Å². The second-order valence-corrected chi connectivity index (χ2v) is 2.08. The van der Waals surface area contributed by atoms with Crippen LogP contribution >= 0.6 is 0 Å². The quantitative estimate of drug-likeness (QED) is 0.576. The standard InChI is InChI=1S/C6H10.C5H5N/c1-3-5-6-4-2;1-2-4-6-5-3-1/h3-6H,1-2H3;1-5H. The molecule has 0 aliphatic rings. The van der Waals surface area contributed by atoms with Crippen molar-refractivity contribution in [2.75, 3.05) is 0 Å². The van der Waals surface area contributed by atoms with E-state index in [0.29, 0.717) is 0 Å². The number of hydrogen-bond donors (Lipinski definition) is 0. The highest BCUT2D eigenvalue weighted by Crippen LogP contribution is 1.73. The number of nitrogens with zero attached hydrogens (tertiary/aromatic N) is 1. The number of pyridine rings is 1. The van der Waals surface area contributed by atoms with Gasteiger partial charge in [0.15, 0.2) is 0 Å². The molecule has 0 radical (unpaired) electrons. The summed E-state index contributed by atoms with van der Waals surface area (Å²) in [5.41, 5.74) is 0. The molecule has 0 amide bonds. The van der Waals surface area contributed by atoms with Gasteiger partial charge < -0.3 is 0 Å². The summed E-state index contributed by atoms with van der Waals surface area (Å²) in [5, 5.41) is 0. The molecule has 0 N–H and O–H groups in total. The zero-order valence-corrected chi connectivity index (χ0v) is 7.64. The Morgan fingerprint density at radius 3 is 1.50 bits per heavy atom. The Morgan fingerprint density at radius 2 is 1.33 bits per heavy atom. The molecule has 1 aromatic heterocycles. The van der Waals surface area contributed by atoms with Gasteiger partial charge in [-0.15, -0.1) is 0 Å². The van der Waals surface area contributed by atoms with E-state index >= 15 is 0 Å². The van der Waals surface area contributed by atoms with Crippen molar-refractivity contribution in [1.82, 2.24) is 4.98 Å². The fourth-order valence-corrected chi connectivity index (χ4v) is 0.535. The van der Waals surface area contributed by atoms with Gasteiger partial charge in [0, 0.05) is 12.4 Å². The molecule has 1 heteroatoms. The Kier molecular flexibility index (Phi) is 8.53. The van der Waals surface area contributed by atoms with E-state index in [4.69, 9.17) is 0 Å². The molecular formula is C11H15N. The molecule has 0 saturated heterocycles. The SMILES string of the molecule is CC=CC=CC.c1ccncc1. The third-order valence-electron chi connectivity index (χ3n) is 1.06. The molecule has 64 valence electrons. The van der Waals surface area contributed by atoms with E-state index in [1.54, 1.807) is 12.4 Å². The lowest BCUT2D eigenvalue weighted by atomic mass is 10.5. The lowest BCUT2D eigenvalue weighted by Crippen LogP contribution is -1.58. The first kappa shape index (κ1) is 10.6. The fraction of sp³-hybridized carbons (Fsp3) is 0.182. The molecular weight excluding hydrogens is 146 g/mol. The average Bonchev–Trinajstić information content (AvgIpc) is 2.18. The van der Waals surface area contributed by atoms with Gasteiger partial charge in [0.05, 0.1) is 0 Å². The maximum absolute atomic E-state index is 3.78. The van der Waals surface area contributed by atoms with Gasteiger partial charge in [-0.05, 0) is 26.0 Å². The summed E-state index contributed by atoms with van der Waals surface area (Å²) in [6.07, 6.45) is 11.5. The van der Waals surface area contributed by atoms with E-state index in [9.17, 15) is 0 Å². The van der Waals surface area contributed by atoms with Crippen LogP contribution in [0.3, 0.4) is 0 Å². The van der Waals surface area contributed by atoms with Crippen molar-refractivity contribution in [1.29, 1.82) is 0 Å². The van der Waals surface area contributed by atoms with Crippen molar-refractivity contribution in [2.45, 2.75) is 13.8 Å². The summed E-state index contributed by atoms with van der Waals surface area (Å²) in [5.74, 6) is 0. The molecule has 1 heterocycles. The Hall–Kier alpha value is -1.37. The molecule has 0 aromatic carbocycles. The Balaban J connectivity index is 0.000000202. The first-order chi connectivity index (χ1) is 5.91. The Bertz CT molecular complexity index is 175. The first-order valence-corrected chi connectivity index (χ1v) is 4.00. The summed E-state index contributed by atoms with van der Waals surface area (Å²) >= 11 is 0. The van der Waals surface area contributed by atoms with Gasteiger partial charge in [-0.3, -0.25) is 4.98 Å². The van der Waals surface area contributed by atoms with Crippen LogP contribution in [-0.2, 0) is 0 Å². The highest BCUT2D eigenvalue weighted by molar-refractivity contribution is 4.98. The first-order valence-electron chi connectivity index (χ1n) is 4.00. The lowest BCUT2D eigenvalue weighted by Gasteiger charge is -1.70. The van der Waals surface area contributed by atoms with E-state index in [0.717, 1.165) is 0 Å². The third kappa shape index (κ3) is 8.63. The van der Waals surface area contributed by atoms with Gasteiger partial charge in [0.2, 0.25) is 0 Å². The maximum atomic E-state index is 3.78. The molecule has 1 rings (SSSR count). The summed E-state index contributed by atoms with van der Waals surface area (Å²) in [4.78, 5) is 3.78. The molecule has 12 heavy (non-hydrogen) atoms. The zero-order valence-electron chi connectivity index (χ0n) is 7.64. The van der Waals surface area contributed by atoms with Crippen LogP contribution < -0.4 is 0 Å². The highest BCUT2D eigenvalue weighted by Gasteiger charge is 1.58. The smallest absolute Gasteiger partial charge is 0.0267 e. The summed E-state index contributed by atoms with van der Waals surface area (Å²) in [6.45, 7) is 4.00. The van der Waals surface area contributed by atoms with Crippen LogP contribution in [0.25, 0.3) is 0 Å². The van der Waals surface area contributed by atoms with Gasteiger partial charge in [0.25, 0.3) is 0 Å². The van der Waals surface area contributed by atoms with Crippen molar-refractivity contribution < 1.29 is 0 Å². The van der Waals surface area contributed by atoms with Crippen molar-refractivity contribution in [2.24, 2.45) is 0 Å². The van der Waals surface area contributed by atoms with E-state index < -0.39 is 0 Å². The second-order valence-electron chi connectivity index (χ2n) is 2.08. The van der Waals surface area contributed by atoms with Gasteiger partial charge in [-0.1, -0.05) is 30.4 Å². The molecule has 0 spiro atoms. The van der Waals surface area contributed by atoms with Crippen molar-refractivity contribution in [3.05, 3.63) is 54.9 Å². The normalized spacial score (nSPS) is 9.83. The van der Waals surface area contributed by atoms with Crippen LogP contribution in [0.2, 0.25) is 0 Å². The summed E-state index contributed by atoms with van der Waals surface area (Å²) in [7, 11) is 0. The Morgan fingerprint density at radius 1 is 0.833 bits per heavy atom. The van der Waals surface area contributed by atoms with Gasteiger partial charge >= 0.3 is 0 Å². The predicted molar refractivity (Wildman–Crippen MR) is 53.9 cm³/mol. The average molecular weight is 161 g/mol. The van der Waals surface area contributed by atoms with Crippen LogP contribution in [0.15, 0.2) is 54.9 Å². The molecule has 0 atom stereocenters. The molecule has 0 unspecified atom stereocenters. The number of rotatable bonds is 1. The number of allylic oxidation sites excluding steroid dienone is 4. The van der Waals surface area contributed by atoms with Gasteiger partial charge in [-0.25, -0.2) is 0 Å². The van der Waals surface area contributed by atoms with Crippen molar-refractivity contribution in [3.63, 3.8) is 0 Å². The third-order valence-corrected chi connectivity index (χ3v) is 1.06. The summed E-state index contributed by atoms with van der Waals surface area (Å²) in [6, 6.07) is 5.72. The van der Waals surface area contributed by atoms with E-state index in [-0.39, 0.29) is 0 Å². The minimum absolute atomic E-state index is 1.75. The van der Waals surface area contributed by atoms with Crippen LogP contribution in [0.4, 0.5) is 0 Å². The zero-order chi connectivity index (χ0) is 9.07. The molecule has 0 aliphatic heterocycles. The van der Waals surface area contributed by atoms with Crippen molar-refractivity contribution >= 4 is 0 Å². The van der Waals surface area contributed by atoms with Crippen LogP contribution in [0, 0.1) is 0 Å². The Labute approximate surface area is 74.5 Å². The number of hydrogen-bond acceptors (Lipinski definition) is 1. The van der Waals surface area contributed by atoms with E-state index in [2.05, 4.69) is 4.98 Å². The van der Waals surface area contributed by atoms with Gasteiger partial charge in [0.1, 0.15) is 0 Å². The summed E-state index contributed by atoms with van der Waals surface area (Å²) < 4.78 is 0.